The smallest absolute Gasteiger partial charge is 0.172 e. The van der Waals surface area contributed by atoms with E-state index in [0.29, 0.717) is 11.8 Å². The first kappa shape index (κ1) is 11.6. The molecular formula is C14H14F2O2. The van der Waals surface area contributed by atoms with Gasteiger partial charge in [0.25, 0.3) is 0 Å². The normalized spacial score (nSPS) is 28.9. The first-order chi connectivity index (χ1) is 8.63. The largest absolute Gasteiger partial charge is 0.497 e. The second kappa shape index (κ2) is 4.04. The minimum absolute atomic E-state index is 0.0949. The van der Waals surface area contributed by atoms with Crippen molar-refractivity contribution in [3.63, 3.8) is 0 Å². The molecule has 0 aliphatic heterocycles. The van der Waals surface area contributed by atoms with Gasteiger partial charge in [0.05, 0.1) is 12.7 Å². The molecule has 3 rings (SSSR count). The van der Waals surface area contributed by atoms with Gasteiger partial charge in [0.2, 0.25) is 0 Å². The van der Waals surface area contributed by atoms with Gasteiger partial charge in [-0.05, 0) is 24.7 Å². The van der Waals surface area contributed by atoms with Crippen molar-refractivity contribution < 1.29 is 18.3 Å². The van der Waals surface area contributed by atoms with E-state index >= 15 is 0 Å². The highest BCUT2D eigenvalue weighted by Gasteiger charge is 2.57. The molecule has 2 fully saturated rings. The molecule has 2 aliphatic carbocycles. The van der Waals surface area contributed by atoms with Crippen molar-refractivity contribution in [2.75, 3.05) is 7.11 Å². The number of hydrogen-bond acceptors (Lipinski definition) is 2. The fourth-order valence-corrected chi connectivity index (χ4v) is 3.28. The Labute approximate surface area is 104 Å². The number of methoxy groups -OCH3 is 1. The van der Waals surface area contributed by atoms with Gasteiger partial charge in [0.1, 0.15) is 17.4 Å². The Morgan fingerprint density at radius 2 is 1.78 bits per heavy atom. The summed E-state index contributed by atoms with van der Waals surface area (Å²) < 4.78 is 32.3. The second-order valence-electron chi connectivity index (χ2n) is 5.11. The molecule has 0 saturated heterocycles. The zero-order valence-electron chi connectivity index (χ0n) is 10.1. The van der Waals surface area contributed by atoms with Crippen LogP contribution in [0, 0.1) is 29.4 Å². The molecule has 1 aromatic carbocycles. The lowest BCUT2D eigenvalue weighted by atomic mass is 10.0. The van der Waals surface area contributed by atoms with E-state index in [2.05, 4.69) is 0 Å². The summed E-state index contributed by atoms with van der Waals surface area (Å²) in [5.41, 5.74) is -0.393. The highest BCUT2D eigenvalue weighted by molar-refractivity contribution is 6.00. The molecule has 0 heterocycles. The Morgan fingerprint density at radius 1 is 1.22 bits per heavy atom. The summed E-state index contributed by atoms with van der Waals surface area (Å²) in [6.07, 6.45) is 3.16. The minimum Gasteiger partial charge on any atom is -0.497 e. The molecule has 0 radical (unpaired) electrons. The Kier molecular flexibility index (Phi) is 2.61. The number of carbonyl (C=O) groups excluding carboxylic acids is 1. The Hall–Kier alpha value is -1.45. The third kappa shape index (κ3) is 1.62. The van der Waals surface area contributed by atoms with Crippen LogP contribution in [0.4, 0.5) is 8.78 Å². The SMILES string of the molecule is COc1cc(F)c(C(=O)C2C3CCCC32)c(F)c1. The van der Waals surface area contributed by atoms with E-state index in [1.165, 1.54) is 7.11 Å². The number of benzene rings is 1. The molecule has 2 aliphatic rings. The molecule has 18 heavy (non-hydrogen) atoms. The maximum absolute atomic E-state index is 13.8. The summed E-state index contributed by atoms with van der Waals surface area (Å²) in [5, 5.41) is 0. The number of halogens is 2. The van der Waals surface area contributed by atoms with Gasteiger partial charge in [0, 0.05) is 18.1 Å². The zero-order chi connectivity index (χ0) is 12.9. The first-order valence-corrected chi connectivity index (χ1v) is 6.20. The maximum Gasteiger partial charge on any atom is 0.172 e. The summed E-state index contributed by atoms with van der Waals surface area (Å²) >= 11 is 0. The predicted molar refractivity (Wildman–Crippen MR) is 61.6 cm³/mol. The molecule has 2 saturated carbocycles. The van der Waals surface area contributed by atoms with Crippen molar-refractivity contribution in [1.82, 2.24) is 0 Å². The quantitative estimate of drug-likeness (QED) is 0.772. The molecule has 1 aromatic rings. The number of ketones is 1. The number of Topliss-reactive ketones (excluding diaryl/α,β-unsaturated/α-hetero) is 1. The van der Waals surface area contributed by atoms with Gasteiger partial charge in [0.15, 0.2) is 5.78 Å². The zero-order valence-corrected chi connectivity index (χ0v) is 10.1. The maximum atomic E-state index is 13.8. The topological polar surface area (TPSA) is 26.3 Å². The van der Waals surface area contributed by atoms with Gasteiger partial charge in [-0.15, -0.1) is 0 Å². The molecule has 0 bridgehead atoms. The Bertz CT molecular complexity index is 480. The Morgan fingerprint density at radius 3 is 2.28 bits per heavy atom. The van der Waals surface area contributed by atoms with Crippen LogP contribution in [0.5, 0.6) is 5.75 Å². The fourth-order valence-electron chi connectivity index (χ4n) is 3.28. The lowest BCUT2D eigenvalue weighted by Gasteiger charge is -2.08. The molecule has 4 heteroatoms. The van der Waals surface area contributed by atoms with Gasteiger partial charge in [-0.1, -0.05) is 6.42 Å². The van der Waals surface area contributed by atoms with Crippen LogP contribution in [-0.4, -0.2) is 12.9 Å². The molecule has 2 atom stereocenters. The van der Waals surface area contributed by atoms with Gasteiger partial charge >= 0.3 is 0 Å². The van der Waals surface area contributed by atoms with Crippen LogP contribution in [0.1, 0.15) is 29.6 Å². The van der Waals surface area contributed by atoms with Crippen molar-refractivity contribution in [2.24, 2.45) is 17.8 Å². The van der Waals surface area contributed by atoms with E-state index in [4.69, 9.17) is 4.74 Å². The lowest BCUT2D eigenvalue weighted by Crippen LogP contribution is -2.11. The third-order valence-corrected chi connectivity index (χ3v) is 4.21. The summed E-state index contributed by atoms with van der Waals surface area (Å²) in [4.78, 5) is 12.1. The predicted octanol–water partition coefficient (Wildman–Crippen LogP) is 3.20. The van der Waals surface area contributed by atoms with Crippen molar-refractivity contribution in [2.45, 2.75) is 19.3 Å². The van der Waals surface area contributed by atoms with E-state index in [1.54, 1.807) is 0 Å². The van der Waals surface area contributed by atoms with Crippen LogP contribution in [0.2, 0.25) is 0 Å². The summed E-state index contributed by atoms with van der Waals surface area (Å²) in [7, 11) is 1.33. The van der Waals surface area contributed by atoms with Crippen LogP contribution in [0.15, 0.2) is 12.1 Å². The van der Waals surface area contributed by atoms with Crippen molar-refractivity contribution >= 4 is 5.78 Å². The number of ether oxygens (including phenoxy) is 1. The van der Waals surface area contributed by atoms with Gasteiger partial charge < -0.3 is 4.74 Å². The second-order valence-corrected chi connectivity index (χ2v) is 5.11. The van der Waals surface area contributed by atoms with Crippen molar-refractivity contribution in [1.29, 1.82) is 0 Å². The summed E-state index contributed by atoms with van der Waals surface area (Å²) in [6.45, 7) is 0. The van der Waals surface area contributed by atoms with Crippen molar-refractivity contribution in [3.8, 4) is 5.75 Å². The van der Waals surface area contributed by atoms with E-state index in [0.717, 1.165) is 31.4 Å². The molecule has 0 aromatic heterocycles. The number of rotatable bonds is 3. The third-order valence-electron chi connectivity index (χ3n) is 4.21. The van der Waals surface area contributed by atoms with Gasteiger partial charge in [-0.3, -0.25) is 4.79 Å². The number of carbonyl (C=O) groups is 1. The number of hydrogen-bond donors (Lipinski definition) is 0. The summed E-state index contributed by atoms with van der Waals surface area (Å²) in [5.74, 6) is -1.35. The highest BCUT2D eigenvalue weighted by Crippen LogP contribution is 2.58. The highest BCUT2D eigenvalue weighted by atomic mass is 19.1. The van der Waals surface area contributed by atoms with Crippen LogP contribution in [-0.2, 0) is 0 Å². The fraction of sp³-hybridized carbons (Fsp3) is 0.500. The van der Waals surface area contributed by atoms with Gasteiger partial charge in [-0.25, -0.2) is 8.78 Å². The van der Waals surface area contributed by atoms with E-state index in [-0.39, 0.29) is 17.5 Å². The molecular weight excluding hydrogens is 238 g/mol. The molecule has 0 amide bonds. The van der Waals surface area contributed by atoms with E-state index < -0.39 is 17.2 Å². The lowest BCUT2D eigenvalue weighted by molar-refractivity contribution is 0.0943. The number of fused-ring (bicyclic) bond motifs is 1. The van der Waals surface area contributed by atoms with Gasteiger partial charge in [-0.2, -0.15) is 0 Å². The average molecular weight is 252 g/mol. The monoisotopic (exact) mass is 252 g/mol. The summed E-state index contributed by atoms with van der Waals surface area (Å²) in [6, 6.07) is 2.13. The molecule has 0 spiro atoms. The van der Waals surface area contributed by atoms with Crippen LogP contribution < -0.4 is 4.74 Å². The van der Waals surface area contributed by atoms with Crippen LogP contribution in [0.25, 0.3) is 0 Å². The molecule has 96 valence electrons. The molecule has 2 nitrogen and oxygen atoms in total. The standard InChI is InChI=1S/C14H14F2O2/c1-18-7-5-10(15)13(11(16)6-7)14(17)12-8-3-2-4-9(8)12/h5-6,8-9,12H,2-4H2,1H3. The molecule has 2 unspecified atom stereocenters. The average Bonchev–Trinajstić information content (AvgIpc) is 2.81. The van der Waals surface area contributed by atoms with Crippen molar-refractivity contribution in [3.05, 3.63) is 29.3 Å². The molecule has 0 N–H and O–H groups in total. The van der Waals surface area contributed by atoms with E-state index in [9.17, 15) is 13.6 Å². The first-order valence-electron chi connectivity index (χ1n) is 6.20. The van der Waals surface area contributed by atoms with Crippen LogP contribution >= 0.6 is 0 Å². The minimum atomic E-state index is -0.818. The van der Waals surface area contributed by atoms with Crippen LogP contribution in [0.3, 0.4) is 0 Å². The van der Waals surface area contributed by atoms with E-state index in [1.807, 2.05) is 0 Å². The Balaban J connectivity index is 1.90.